The maximum absolute atomic E-state index is 12.8. The molecule has 27 heavy (non-hydrogen) atoms. The number of hydrogen-bond donors (Lipinski definition) is 0. The first-order valence-corrected chi connectivity index (χ1v) is 10.1. The highest BCUT2D eigenvalue weighted by atomic mass is 32.1. The number of carbonyl (C=O) groups excluding carboxylic acids is 1. The number of ether oxygens (including phenoxy) is 1. The van der Waals surface area contributed by atoms with Crippen LogP contribution in [0.1, 0.15) is 34.8 Å². The molecule has 0 saturated carbocycles. The minimum atomic E-state index is 0.0394. The molecule has 4 nitrogen and oxygen atoms in total. The Hall–Kier alpha value is -2.66. The van der Waals surface area contributed by atoms with Gasteiger partial charge in [0.25, 0.3) is 5.91 Å². The first-order valence-electron chi connectivity index (χ1n) is 9.19. The predicted octanol–water partition coefficient (Wildman–Crippen LogP) is 4.84. The van der Waals surface area contributed by atoms with E-state index in [4.69, 9.17) is 4.74 Å². The second kappa shape index (κ2) is 7.92. The molecule has 0 spiro atoms. The van der Waals surface area contributed by atoms with Crippen LogP contribution in [-0.4, -0.2) is 36.0 Å². The molecule has 0 bridgehead atoms. The summed E-state index contributed by atoms with van der Waals surface area (Å²) >= 11 is 1.51. The Morgan fingerprint density at radius 1 is 1.07 bits per heavy atom. The summed E-state index contributed by atoms with van der Waals surface area (Å²) in [6.45, 7) is 1.57. The van der Waals surface area contributed by atoms with Crippen molar-refractivity contribution < 1.29 is 9.53 Å². The molecule has 2 heterocycles. The van der Waals surface area contributed by atoms with E-state index in [-0.39, 0.29) is 5.91 Å². The number of hydrogen-bond acceptors (Lipinski definition) is 4. The molecule has 1 aromatic heterocycles. The van der Waals surface area contributed by atoms with Crippen molar-refractivity contribution in [1.29, 1.82) is 0 Å². The van der Waals surface area contributed by atoms with Crippen LogP contribution in [0.5, 0.6) is 5.75 Å². The lowest BCUT2D eigenvalue weighted by Crippen LogP contribution is -2.38. The van der Waals surface area contributed by atoms with Gasteiger partial charge in [-0.25, -0.2) is 4.98 Å². The molecule has 0 aliphatic carbocycles. The van der Waals surface area contributed by atoms with Crippen LogP contribution in [-0.2, 0) is 0 Å². The zero-order valence-electron chi connectivity index (χ0n) is 15.3. The molecule has 138 valence electrons. The summed E-state index contributed by atoms with van der Waals surface area (Å²) in [6, 6.07) is 18.3. The van der Waals surface area contributed by atoms with Crippen molar-refractivity contribution in [1.82, 2.24) is 9.88 Å². The Kier molecular flexibility index (Phi) is 5.21. The van der Waals surface area contributed by atoms with E-state index in [2.05, 4.69) is 29.2 Å². The van der Waals surface area contributed by atoms with Crippen LogP contribution in [0.25, 0.3) is 10.6 Å². The third kappa shape index (κ3) is 3.88. The van der Waals surface area contributed by atoms with Gasteiger partial charge >= 0.3 is 0 Å². The molecule has 0 unspecified atom stereocenters. The van der Waals surface area contributed by atoms with Gasteiger partial charge in [-0.05, 0) is 48.6 Å². The van der Waals surface area contributed by atoms with Crippen molar-refractivity contribution >= 4 is 17.2 Å². The molecule has 0 atom stereocenters. The van der Waals surface area contributed by atoms with Crippen LogP contribution in [0.4, 0.5) is 0 Å². The average molecular weight is 378 g/mol. The summed E-state index contributed by atoms with van der Waals surface area (Å²) in [7, 11) is 1.65. The fourth-order valence-corrected chi connectivity index (χ4v) is 4.34. The number of rotatable bonds is 4. The van der Waals surface area contributed by atoms with Crippen molar-refractivity contribution in [2.75, 3.05) is 20.2 Å². The molecular formula is C22H22N2O2S. The minimum absolute atomic E-state index is 0.0394. The highest BCUT2D eigenvalue weighted by molar-refractivity contribution is 7.13. The lowest BCUT2D eigenvalue weighted by atomic mass is 9.89. The van der Waals surface area contributed by atoms with E-state index in [1.54, 1.807) is 7.11 Å². The van der Waals surface area contributed by atoms with E-state index >= 15 is 0 Å². The van der Waals surface area contributed by atoms with Crippen LogP contribution in [0, 0.1) is 0 Å². The van der Waals surface area contributed by atoms with Gasteiger partial charge in [-0.2, -0.15) is 0 Å². The van der Waals surface area contributed by atoms with Crippen molar-refractivity contribution in [3.05, 3.63) is 71.2 Å². The van der Waals surface area contributed by atoms with Crippen molar-refractivity contribution in [3.8, 4) is 16.3 Å². The predicted molar refractivity (Wildman–Crippen MR) is 108 cm³/mol. The van der Waals surface area contributed by atoms with E-state index < -0.39 is 0 Å². The van der Waals surface area contributed by atoms with Gasteiger partial charge < -0.3 is 9.64 Å². The summed E-state index contributed by atoms with van der Waals surface area (Å²) in [4.78, 5) is 19.3. The zero-order chi connectivity index (χ0) is 18.6. The average Bonchev–Trinajstić information content (AvgIpc) is 3.24. The first kappa shape index (κ1) is 17.7. The zero-order valence-corrected chi connectivity index (χ0v) is 16.1. The van der Waals surface area contributed by atoms with Crippen LogP contribution in [0.3, 0.4) is 0 Å². The normalized spacial score (nSPS) is 14.9. The van der Waals surface area contributed by atoms with Crippen molar-refractivity contribution in [3.63, 3.8) is 0 Å². The highest BCUT2D eigenvalue weighted by Gasteiger charge is 2.25. The smallest absolute Gasteiger partial charge is 0.273 e. The third-order valence-electron chi connectivity index (χ3n) is 5.11. The molecule has 5 heteroatoms. The summed E-state index contributed by atoms with van der Waals surface area (Å²) in [6.07, 6.45) is 2.01. The summed E-state index contributed by atoms with van der Waals surface area (Å²) < 4.78 is 5.19. The number of benzene rings is 2. The van der Waals surface area contributed by atoms with Gasteiger partial charge in [0.15, 0.2) is 0 Å². The summed E-state index contributed by atoms with van der Waals surface area (Å²) in [5.74, 6) is 1.39. The number of piperidine rings is 1. The highest BCUT2D eigenvalue weighted by Crippen LogP contribution is 2.30. The Morgan fingerprint density at radius 2 is 1.78 bits per heavy atom. The summed E-state index contributed by atoms with van der Waals surface area (Å²) in [5.41, 5.74) is 2.92. The first-order chi connectivity index (χ1) is 13.2. The van der Waals surface area contributed by atoms with E-state index in [1.165, 1.54) is 16.9 Å². The van der Waals surface area contributed by atoms with Gasteiger partial charge in [-0.15, -0.1) is 11.3 Å². The molecule has 1 fully saturated rings. The van der Waals surface area contributed by atoms with Crippen LogP contribution in [0.15, 0.2) is 60.0 Å². The van der Waals surface area contributed by atoms with Gasteiger partial charge in [0.1, 0.15) is 16.5 Å². The Morgan fingerprint density at radius 3 is 2.44 bits per heavy atom. The molecule has 0 radical (unpaired) electrons. The molecule has 1 amide bonds. The molecule has 3 aromatic rings. The van der Waals surface area contributed by atoms with Crippen molar-refractivity contribution in [2.24, 2.45) is 0 Å². The van der Waals surface area contributed by atoms with Gasteiger partial charge in [0.05, 0.1) is 7.11 Å². The van der Waals surface area contributed by atoms with Gasteiger partial charge in [-0.1, -0.05) is 30.3 Å². The SMILES string of the molecule is COc1ccc(-c2nc(C(=O)N3CCC(c4ccccc4)CC3)cs2)cc1. The number of methoxy groups -OCH3 is 1. The number of carbonyl (C=O) groups is 1. The van der Waals surface area contributed by atoms with Crippen LogP contribution < -0.4 is 4.74 Å². The third-order valence-corrected chi connectivity index (χ3v) is 6.00. The molecule has 1 aliphatic rings. The van der Waals surface area contributed by atoms with Gasteiger partial charge in [0.2, 0.25) is 0 Å². The number of aromatic nitrogens is 1. The number of nitrogens with zero attached hydrogens (tertiary/aromatic N) is 2. The monoisotopic (exact) mass is 378 g/mol. The molecule has 1 saturated heterocycles. The Labute approximate surface area is 163 Å². The fourth-order valence-electron chi connectivity index (χ4n) is 3.54. The Bertz CT molecular complexity index is 898. The summed E-state index contributed by atoms with van der Waals surface area (Å²) in [5, 5.41) is 2.73. The largest absolute Gasteiger partial charge is 0.497 e. The van der Waals surface area contributed by atoms with Crippen molar-refractivity contribution in [2.45, 2.75) is 18.8 Å². The Balaban J connectivity index is 1.41. The number of likely N-dealkylation sites (tertiary alicyclic amines) is 1. The molecular weight excluding hydrogens is 356 g/mol. The molecule has 2 aromatic carbocycles. The van der Waals surface area contributed by atoms with E-state index in [0.29, 0.717) is 11.6 Å². The lowest BCUT2D eigenvalue weighted by Gasteiger charge is -2.31. The lowest BCUT2D eigenvalue weighted by molar-refractivity contribution is 0.0708. The van der Waals surface area contributed by atoms with Crippen LogP contribution >= 0.6 is 11.3 Å². The second-order valence-corrected chi connectivity index (χ2v) is 7.60. The van der Waals surface area contributed by atoms with Gasteiger partial charge in [0, 0.05) is 24.0 Å². The number of amides is 1. The quantitative estimate of drug-likeness (QED) is 0.652. The molecule has 0 N–H and O–H groups in total. The maximum Gasteiger partial charge on any atom is 0.273 e. The van der Waals surface area contributed by atoms with Crippen LogP contribution in [0.2, 0.25) is 0 Å². The van der Waals surface area contributed by atoms with Gasteiger partial charge in [-0.3, -0.25) is 4.79 Å². The maximum atomic E-state index is 12.8. The molecule has 1 aliphatic heterocycles. The second-order valence-electron chi connectivity index (χ2n) is 6.74. The van der Waals surface area contributed by atoms with E-state index in [0.717, 1.165) is 42.3 Å². The molecule has 4 rings (SSSR count). The fraction of sp³-hybridized carbons (Fsp3) is 0.273. The van der Waals surface area contributed by atoms with E-state index in [9.17, 15) is 4.79 Å². The standard InChI is InChI=1S/C22H22N2O2S/c1-26-19-9-7-18(8-10-19)21-23-20(15-27-21)22(25)24-13-11-17(12-14-24)16-5-3-2-4-6-16/h2-10,15,17H,11-14H2,1H3. The number of thiazole rings is 1. The topological polar surface area (TPSA) is 42.4 Å². The van der Waals surface area contributed by atoms with E-state index in [1.807, 2.05) is 40.6 Å². The minimum Gasteiger partial charge on any atom is -0.497 e.